The van der Waals surface area contributed by atoms with Gasteiger partial charge in [0.15, 0.2) is 0 Å². The van der Waals surface area contributed by atoms with Crippen molar-refractivity contribution in [1.29, 1.82) is 0 Å². The fraction of sp³-hybridized carbons (Fsp3) is 0.133. The number of hydrogen-bond donors (Lipinski definition) is 2. The van der Waals surface area contributed by atoms with Crippen LogP contribution >= 0.6 is 23.4 Å². The molecule has 0 amide bonds. The Bertz CT molecular complexity index is 649. The summed E-state index contributed by atoms with van der Waals surface area (Å²) in [5.41, 5.74) is 6.47. The summed E-state index contributed by atoms with van der Waals surface area (Å²) in [6.45, 7) is 0.453. The van der Waals surface area contributed by atoms with E-state index in [4.69, 9.17) is 27.2 Å². The molecule has 0 atom stereocenters. The Kier molecular flexibility index (Phi) is 5.36. The first-order valence-electron chi connectivity index (χ1n) is 6.20. The Morgan fingerprint density at radius 2 is 2.10 bits per heavy atom. The largest absolute Gasteiger partial charge is 0.493 e. The van der Waals surface area contributed by atoms with Crippen molar-refractivity contribution in [1.82, 2.24) is 0 Å². The molecule has 0 bridgehead atoms. The number of carboxylic acids is 1. The van der Waals surface area contributed by atoms with Crippen molar-refractivity contribution in [3.63, 3.8) is 0 Å². The first kappa shape index (κ1) is 15.5. The average molecular weight is 324 g/mol. The van der Waals surface area contributed by atoms with E-state index in [1.165, 1.54) is 12.1 Å². The van der Waals surface area contributed by atoms with Crippen LogP contribution in [0.2, 0.25) is 5.02 Å². The Hall–Kier alpha value is -1.85. The molecular weight excluding hydrogens is 310 g/mol. The number of halogens is 1. The highest BCUT2D eigenvalue weighted by Gasteiger charge is 2.05. The van der Waals surface area contributed by atoms with E-state index in [9.17, 15) is 4.79 Å². The summed E-state index contributed by atoms with van der Waals surface area (Å²) in [7, 11) is 0. The van der Waals surface area contributed by atoms with Crippen LogP contribution in [-0.2, 0) is 0 Å². The maximum absolute atomic E-state index is 10.8. The molecule has 0 aliphatic rings. The monoisotopic (exact) mass is 323 g/mol. The van der Waals surface area contributed by atoms with Gasteiger partial charge in [-0.05, 0) is 36.4 Å². The van der Waals surface area contributed by atoms with Crippen LogP contribution in [0.15, 0.2) is 47.4 Å². The van der Waals surface area contributed by atoms with E-state index in [1.807, 2.05) is 6.07 Å². The second-order valence-electron chi connectivity index (χ2n) is 4.22. The fourth-order valence-corrected chi connectivity index (χ4v) is 2.76. The summed E-state index contributed by atoms with van der Waals surface area (Å²) in [6, 6.07) is 11.8. The normalized spacial score (nSPS) is 10.3. The molecule has 0 unspecified atom stereocenters. The minimum absolute atomic E-state index is 0.210. The van der Waals surface area contributed by atoms with E-state index >= 15 is 0 Å². The smallest absolute Gasteiger partial charge is 0.335 e. The van der Waals surface area contributed by atoms with Gasteiger partial charge >= 0.3 is 5.97 Å². The highest BCUT2D eigenvalue weighted by atomic mass is 35.5. The van der Waals surface area contributed by atoms with Crippen molar-refractivity contribution >= 4 is 35.0 Å². The molecule has 0 spiro atoms. The van der Waals surface area contributed by atoms with Gasteiger partial charge in [-0.3, -0.25) is 0 Å². The molecule has 0 radical (unpaired) electrons. The lowest BCUT2D eigenvalue weighted by molar-refractivity contribution is 0.0696. The van der Waals surface area contributed by atoms with Crippen molar-refractivity contribution in [2.75, 3.05) is 18.1 Å². The third kappa shape index (κ3) is 4.58. The van der Waals surface area contributed by atoms with Gasteiger partial charge in [-0.2, -0.15) is 0 Å². The minimum atomic E-state index is -0.969. The van der Waals surface area contributed by atoms with Gasteiger partial charge in [-0.15, -0.1) is 11.8 Å². The summed E-state index contributed by atoms with van der Waals surface area (Å²) in [5, 5.41) is 9.52. The average Bonchev–Trinajstić information content (AvgIpc) is 2.45. The van der Waals surface area contributed by atoms with Crippen LogP contribution in [0.4, 0.5) is 5.69 Å². The van der Waals surface area contributed by atoms with Crippen LogP contribution in [0.3, 0.4) is 0 Å². The number of thioether (sulfide) groups is 1. The van der Waals surface area contributed by atoms with Crippen LogP contribution in [0, 0.1) is 0 Å². The topological polar surface area (TPSA) is 72.5 Å². The maximum atomic E-state index is 10.8. The van der Waals surface area contributed by atoms with E-state index in [1.54, 1.807) is 36.0 Å². The molecule has 0 aliphatic heterocycles. The number of carbonyl (C=O) groups is 1. The van der Waals surface area contributed by atoms with Crippen LogP contribution in [-0.4, -0.2) is 23.4 Å². The van der Waals surface area contributed by atoms with Gasteiger partial charge < -0.3 is 15.6 Å². The molecule has 2 rings (SSSR count). The van der Waals surface area contributed by atoms with Gasteiger partial charge in [0, 0.05) is 16.3 Å². The molecule has 0 aliphatic carbocycles. The van der Waals surface area contributed by atoms with E-state index in [0.29, 0.717) is 28.8 Å². The predicted octanol–water partition coefficient (Wildman–Crippen LogP) is 3.79. The van der Waals surface area contributed by atoms with Crippen LogP contribution in [0.1, 0.15) is 10.4 Å². The third-order valence-corrected chi connectivity index (χ3v) is 4.11. The van der Waals surface area contributed by atoms with Crippen molar-refractivity contribution in [3.8, 4) is 5.75 Å². The molecule has 0 saturated carbocycles. The number of ether oxygens (including phenoxy) is 1. The highest BCUT2D eigenvalue weighted by molar-refractivity contribution is 7.99. The number of nitrogen functional groups attached to an aromatic ring is 1. The zero-order valence-corrected chi connectivity index (χ0v) is 12.7. The standard InChI is InChI=1S/C15H14ClNO3S/c16-13-9-11(17)4-5-14(13)21-7-6-20-12-3-1-2-10(8-12)15(18)19/h1-5,8-9H,6-7,17H2,(H,18,19). The summed E-state index contributed by atoms with van der Waals surface area (Å²) in [6.07, 6.45) is 0. The Labute approximate surface area is 131 Å². The van der Waals surface area contributed by atoms with Gasteiger partial charge in [-0.25, -0.2) is 4.79 Å². The second kappa shape index (κ2) is 7.24. The first-order chi connectivity index (χ1) is 10.1. The second-order valence-corrected chi connectivity index (χ2v) is 5.76. The SMILES string of the molecule is Nc1ccc(SCCOc2cccc(C(=O)O)c2)c(Cl)c1. The Morgan fingerprint density at radius 1 is 1.29 bits per heavy atom. The number of rotatable bonds is 6. The fourth-order valence-electron chi connectivity index (χ4n) is 1.66. The Morgan fingerprint density at radius 3 is 2.81 bits per heavy atom. The summed E-state index contributed by atoms with van der Waals surface area (Å²) < 4.78 is 5.53. The van der Waals surface area contributed by atoms with Gasteiger partial charge in [0.25, 0.3) is 0 Å². The maximum Gasteiger partial charge on any atom is 0.335 e. The van der Waals surface area contributed by atoms with Gasteiger partial charge in [-0.1, -0.05) is 17.7 Å². The predicted molar refractivity (Wildman–Crippen MR) is 85.5 cm³/mol. The van der Waals surface area contributed by atoms with E-state index in [2.05, 4.69) is 0 Å². The molecule has 3 N–H and O–H groups in total. The lowest BCUT2D eigenvalue weighted by atomic mass is 10.2. The zero-order chi connectivity index (χ0) is 15.2. The van der Waals surface area contributed by atoms with E-state index in [0.717, 1.165) is 4.90 Å². The van der Waals surface area contributed by atoms with Crippen LogP contribution < -0.4 is 10.5 Å². The first-order valence-corrected chi connectivity index (χ1v) is 7.56. The lowest BCUT2D eigenvalue weighted by Crippen LogP contribution is -2.02. The van der Waals surface area contributed by atoms with Gasteiger partial charge in [0.2, 0.25) is 0 Å². The molecule has 6 heteroatoms. The summed E-state index contributed by atoms with van der Waals surface area (Å²) in [5.74, 6) is 0.267. The molecule has 4 nitrogen and oxygen atoms in total. The third-order valence-electron chi connectivity index (χ3n) is 2.65. The molecule has 0 heterocycles. The minimum Gasteiger partial charge on any atom is -0.493 e. The van der Waals surface area contributed by atoms with Gasteiger partial charge in [0.05, 0.1) is 17.2 Å². The summed E-state index contributed by atoms with van der Waals surface area (Å²) >= 11 is 7.63. The van der Waals surface area contributed by atoms with Crippen molar-refractivity contribution in [2.45, 2.75) is 4.90 Å². The molecular formula is C15H14ClNO3S. The zero-order valence-electron chi connectivity index (χ0n) is 11.1. The summed E-state index contributed by atoms with van der Waals surface area (Å²) in [4.78, 5) is 11.8. The number of anilines is 1. The highest BCUT2D eigenvalue weighted by Crippen LogP contribution is 2.28. The van der Waals surface area contributed by atoms with Crippen molar-refractivity contribution in [2.24, 2.45) is 0 Å². The van der Waals surface area contributed by atoms with E-state index < -0.39 is 5.97 Å². The number of aromatic carboxylic acids is 1. The number of nitrogens with two attached hydrogens (primary N) is 1. The molecule has 2 aromatic rings. The molecule has 0 aromatic heterocycles. The Balaban J connectivity index is 1.84. The molecule has 0 saturated heterocycles. The molecule has 2 aromatic carbocycles. The molecule has 110 valence electrons. The van der Waals surface area contributed by atoms with Crippen molar-refractivity contribution < 1.29 is 14.6 Å². The van der Waals surface area contributed by atoms with Crippen LogP contribution in [0.25, 0.3) is 0 Å². The molecule has 21 heavy (non-hydrogen) atoms. The number of hydrogen-bond acceptors (Lipinski definition) is 4. The number of carboxylic acid groups (broad SMARTS) is 1. The van der Waals surface area contributed by atoms with Gasteiger partial charge in [0.1, 0.15) is 5.75 Å². The number of benzene rings is 2. The quantitative estimate of drug-likeness (QED) is 0.480. The van der Waals surface area contributed by atoms with Crippen LogP contribution in [0.5, 0.6) is 5.75 Å². The lowest BCUT2D eigenvalue weighted by Gasteiger charge is -2.08. The van der Waals surface area contributed by atoms with Crippen molar-refractivity contribution in [3.05, 3.63) is 53.1 Å². The van der Waals surface area contributed by atoms with E-state index in [-0.39, 0.29) is 5.56 Å². The molecule has 0 fully saturated rings.